The second-order valence-electron chi connectivity index (χ2n) is 7.86. The fraction of sp³-hybridized carbons (Fsp3) is 0.333. The summed E-state index contributed by atoms with van der Waals surface area (Å²) in [4.78, 5) is 0. The highest BCUT2D eigenvalue weighted by molar-refractivity contribution is 5.15. The molecule has 1 aliphatic rings. The lowest BCUT2D eigenvalue weighted by Gasteiger charge is -2.36. The summed E-state index contributed by atoms with van der Waals surface area (Å²) in [7, 11) is 0. The summed E-state index contributed by atoms with van der Waals surface area (Å²) in [6.07, 6.45) is 0.611. The maximum atomic E-state index is 6.30. The van der Waals surface area contributed by atoms with Gasteiger partial charge in [0, 0.05) is 6.42 Å². The van der Waals surface area contributed by atoms with Gasteiger partial charge in [0.15, 0.2) is 0 Å². The van der Waals surface area contributed by atoms with E-state index >= 15 is 0 Å². The van der Waals surface area contributed by atoms with Crippen LogP contribution in [0.2, 0.25) is 0 Å². The van der Waals surface area contributed by atoms with E-state index in [1.165, 1.54) is 5.56 Å². The molecule has 4 rings (SSSR count). The van der Waals surface area contributed by atoms with Crippen LogP contribution in [0.15, 0.2) is 91.0 Å². The molecule has 3 atom stereocenters. The SMILES string of the molecule is c1ccc(COCC2CC(OCc3ccccc3)C(OCc3ccccc3)CO2)cc1. The molecule has 162 valence electrons. The van der Waals surface area contributed by atoms with Crippen LogP contribution in [0.3, 0.4) is 0 Å². The van der Waals surface area contributed by atoms with Crippen LogP contribution >= 0.6 is 0 Å². The number of ether oxygens (including phenoxy) is 4. The molecule has 3 unspecified atom stereocenters. The van der Waals surface area contributed by atoms with Crippen LogP contribution in [0.4, 0.5) is 0 Å². The summed E-state index contributed by atoms with van der Waals surface area (Å²) in [5.74, 6) is 0. The van der Waals surface area contributed by atoms with E-state index in [-0.39, 0.29) is 18.3 Å². The first-order chi connectivity index (χ1) is 15.4. The van der Waals surface area contributed by atoms with Crippen molar-refractivity contribution in [3.63, 3.8) is 0 Å². The van der Waals surface area contributed by atoms with E-state index < -0.39 is 0 Å². The van der Waals surface area contributed by atoms with Crippen LogP contribution in [0.1, 0.15) is 23.1 Å². The van der Waals surface area contributed by atoms with E-state index in [2.05, 4.69) is 36.4 Å². The Morgan fingerprint density at radius 1 is 0.613 bits per heavy atom. The van der Waals surface area contributed by atoms with Crippen LogP contribution in [0.5, 0.6) is 0 Å². The fourth-order valence-electron chi connectivity index (χ4n) is 3.70. The van der Waals surface area contributed by atoms with Crippen molar-refractivity contribution in [1.29, 1.82) is 0 Å². The standard InChI is InChI=1S/C27H30O4/c1-4-10-22(11-5-1)17-28-20-25-16-26(30-18-23-12-6-2-7-13-23)27(21-29-25)31-19-24-14-8-3-9-15-24/h1-15,25-27H,16-21H2. The van der Waals surface area contributed by atoms with Gasteiger partial charge in [-0.15, -0.1) is 0 Å². The lowest BCUT2D eigenvalue weighted by Crippen LogP contribution is -2.45. The first kappa shape index (κ1) is 21.7. The quantitative estimate of drug-likeness (QED) is 0.456. The van der Waals surface area contributed by atoms with E-state index in [1.54, 1.807) is 0 Å². The maximum absolute atomic E-state index is 6.30. The van der Waals surface area contributed by atoms with E-state index in [0.29, 0.717) is 33.0 Å². The second kappa shape index (κ2) is 11.8. The molecular formula is C27H30O4. The van der Waals surface area contributed by atoms with Gasteiger partial charge < -0.3 is 18.9 Å². The normalized spacial score (nSPS) is 21.1. The largest absolute Gasteiger partial charge is 0.374 e. The molecule has 3 aromatic carbocycles. The number of benzene rings is 3. The Morgan fingerprint density at radius 2 is 1.10 bits per heavy atom. The molecule has 31 heavy (non-hydrogen) atoms. The highest BCUT2D eigenvalue weighted by atomic mass is 16.6. The van der Waals surface area contributed by atoms with Crippen molar-refractivity contribution >= 4 is 0 Å². The zero-order valence-corrected chi connectivity index (χ0v) is 17.8. The molecule has 0 aliphatic carbocycles. The van der Waals surface area contributed by atoms with Gasteiger partial charge in [0.05, 0.1) is 45.2 Å². The van der Waals surface area contributed by atoms with E-state index in [9.17, 15) is 0 Å². The lowest BCUT2D eigenvalue weighted by molar-refractivity contribution is -0.181. The van der Waals surface area contributed by atoms with Gasteiger partial charge >= 0.3 is 0 Å². The Balaban J connectivity index is 1.31. The minimum Gasteiger partial charge on any atom is -0.374 e. The van der Waals surface area contributed by atoms with Crippen LogP contribution in [0.25, 0.3) is 0 Å². The van der Waals surface area contributed by atoms with Crippen LogP contribution in [0, 0.1) is 0 Å². The topological polar surface area (TPSA) is 36.9 Å². The van der Waals surface area contributed by atoms with Crippen molar-refractivity contribution in [2.75, 3.05) is 13.2 Å². The number of hydrogen-bond acceptors (Lipinski definition) is 4. The van der Waals surface area contributed by atoms with Crippen LogP contribution < -0.4 is 0 Å². The zero-order valence-electron chi connectivity index (χ0n) is 17.8. The molecule has 0 bridgehead atoms. The predicted octanol–water partition coefficient (Wildman–Crippen LogP) is 5.16. The average molecular weight is 419 g/mol. The molecule has 0 N–H and O–H groups in total. The zero-order chi connectivity index (χ0) is 21.1. The van der Waals surface area contributed by atoms with Gasteiger partial charge in [-0.3, -0.25) is 0 Å². The molecule has 0 radical (unpaired) electrons. The summed E-state index contributed by atoms with van der Waals surface area (Å²) in [6, 6.07) is 30.7. The highest BCUT2D eigenvalue weighted by Crippen LogP contribution is 2.23. The van der Waals surface area contributed by atoms with E-state index in [0.717, 1.165) is 17.5 Å². The Morgan fingerprint density at radius 3 is 1.65 bits per heavy atom. The van der Waals surface area contributed by atoms with Crippen molar-refractivity contribution in [2.24, 2.45) is 0 Å². The Hall–Kier alpha value is -2.50. The first-order valence-electron chi connectivity index (χ1n) is 10.9. The van der Waals surface area contributed by atoms with Gasteiger partial charge in [-0.2, -0.15) is 0 Å². The molecule has 0 spiro atoms. The van der Waals surface area contributed by atoms with Crippen LogP contribution in [-0.2, 0) is 38.8 Å². The molecule has 1 aliphatic heterocycles. The van der Waals surface area contributed by atoms with Gasteiger partial charge in [0.2, 0.25) is 0 Å². The third-order valence-electron chi connectivity index (χ3n) is 5.44. The highest BCUT2D eigenvalue weighted by Gasteiger charge is 2.33. The summed E-state index contributed by atoms with van der Waals surface area (Å²) in [5.41, 5.74) is 3.48. The molecule has 1 heterocycles. The summed E-state index contributed by atoms with van der Waals surface area (Å²) >= 11 is 0. The minimum atomic E-state index is -0.103. The number of hydrogen-bond donors (Lipinski definition) is 0. The van der Waals surface area contributed by atoms with E-state index in [1.807, 2.05) is 54.6 Å². The van der Waals surface area contributed by atoms with Gasteiger partial charge in [0.25, 0.3) is 0 Å². The fourth-order valence-corrected chi connectivity index (χ4v) is 3.70. The smallest absolute Gasteiger partial charge is 0.107 e. The van der Waals surface area contributed by atoms with Gasteiger partial charge in [0.1, 0.15) is 6.10 Å². The summed E-state index contributed by atoms with van der Waals surface area (Å²) < 4.78 is 24.5. The molecule has 1 saturated heterocycles. The van der Waals surface area contributed by atoms with Crippen LogP contribution in [-0.4, -0.2) is 31.5 Å². The van der Waals surface area contributed by atoms with Crippen molar-refractivity contribution in [2.45, 2.75) is 44.6 Å². The van der Waals surface area contributed by atoms with Crippen molar-refractivity contribution < 1.29 is 18.9 Å². The Labute approximate surface area is 184 Å². The Bertz CT molecular complexity index is 870. The maximum Gasteiger partial charge on any atom is 0.107 e. The predicted molar refractivity (Wildman–Crippen MR) is 120 cm³/mol. The monoisotopic (exact) mass is 418 g/mol. The molecule has 3 aromatic rings. The molecule has 1 fully saturated rings. The molecule has 4 nitrogen and oxygen atoms in total. The molecule has 0 saturated carbocycles. The first-order valence-corrected chi connectivity index (χ1v) is 10.9. The van der Waals surface area contributed by atoms with Gasteiger partial charge in [-0.1, -0.05) is 91.0 Å². The third kappa shape index (κ3) is 7.01. The molecule has 0 amide bonds. The minimum absolute atomic E-state index is 0.000982. The lowest BCUT2D eigenvalue weighted by atomic mass is 10.0. The molecule has 0 aromatic heterocycles. The van der Waals surface area contributed by atoms with Crippen molar-refractivity contribution in [1.82, 2.24) is 0 Å². The summed E-state index contributed by atoms with van der Waals surface area (Å²) in [6.45, 7) is 2.75. The van der Waals surface area contributed by atoms with Crippen molar-refractivity contribution in [3.05, 3.63) is 108 Å². The second-order valence-corrected chi connectivity index (χ2v) is 7.86. The third-order valence-corrected chi connectivity index (χ3v) is 5.44. The van der Waals surface area contributed by atoms with Crippen molar-refractivity contribution in [3.8, 4) is 0 Å². The Kier molecular flexibility index (Phi) is 8.25. The molecule has 4 heteroatoms. The average Bonchev–Trinajstić information content (AvgIpc) is 2.84. The number of rotatable bonds is 10. The van der Waals surface area contributed by atoms with E-state index in [4.69, 9.17) is 18.9 Å². The summed E-state index contributed by atoms with van der Waals surface area (Å²) in [5, 5.41) is 0. The molecular weight excluding hydrogens is 388 g/mol. The van der Waals surface area contributed by atoms with Gasteiger partial charge in [-0.05, 0) is 16.7 Å². The van der Waals surface area contributed by atoms with Gasteiger partial charge in [-0.25, -0.2) is 0 Å².